The van der Waals surface area contributed by atoms with Crippen molar-refractivity contribution in [2.24, 2.45) is 46.8 Å². The number of hydrogen-bond acceptors (Lipinski definition) is 2. The zero-order valence-corrected chi connectivity index (χ0v) is 19.3. The highest BCUT2D eigenvalue weighted by atomic mass is 16.3. The van der Waals surface area contributed by atoms with Crippen molar-refractivity contribution in [3.05, 3.63) is 0 Å². The van der Waals surface area contributed by atoms with E-state index in [1.807, 2.05) is 0 Å². The molecule has 5 saturated carbocycles. The fourth-order valence-electron chi connectivity index (χ4n) is 9.35. The third-order valence-electron chi connectivity index (χ3n) is 11.4. The molecule has 5 aliphatic carbocycles. The zero-order chi connectivity index (χ0) is 20.4. The van der Waals surface area contributed by atoms with E-state index in [4.69, 9.17) is 0 Å². The quantitative estimate of drug-likeness (QED) is 0.563. The number of aliphatic hydroxyl groups is 2. The Kier molecular flexibility index (Phi) is 5.18. The standard InChI is InChI=1S/C27H46O2/c1-4-26(28)14-11-20-19(17-26)5-6-22-21(20)10-12-25(3)23(7-8-24(22)25)18(2)9-13-27(29)15-16-27/h18-24,28-29H,4-17H2,1-3H3/t18-,19+,20+,21-,22-,23-,24+,25-,26+/m1/s1. The van der Waals surface area contributed by atoms with Crippen molar-refractivity contribution in [2.45, 2.75) is 122 Å². The average Bonchev–Trinajstić information content (AvgIpc) is 3.34. The highest BCUT2D eigenvalue weighted by Gasteiger charge is 2.58. The minimum absolute atomic E-state index is 0.273. The van der Waals surface area contributed by atoms with Gasteiger partial charge in [-0.25, -0.2) is 0 Å². The summed E-state index contributed by atoms with van der Waals surface area (Å²) < 4.78 is 0. The van der Waals surface area contributed by atoms with Crippen LogP contribution in [0, 0.1) is 46.8 Å². The van der Waals surface area contributed by atoms with Gasteiger partial charge in [0.2, 0.25) is 0 Å². The highest BCUT2D eigenvalue weighted by Crippen LogP contribution is 2.66. The van der Waals surface area contributed by atoms with Gasteiger partial charge in [-0.2, -0.15) is 0 Å². The van der Waals surface area contributed by atoms with E-state index in [1.54, 1.807) is 0 Å². The van der Waals surface area contributed by atoms with E-state index in [0.717, 1.165) is 80.0 Å². The van der Waals surface area contributed by atoms with Gasteiger partial charge in [-0.05, 0) is 137 Å². The predicted molar refractivity (Wildman–Crippen MR) is 118 cm³/mol. The molecule has 5 aliphatic rings. The van der Waals surface area contributed by atoms with Gasteiger partial charge in [0, 0.05) is 0 Å². The van der Waals surface area contributed by atoms with Crippen molar-refractivity contribution in [2.75, 3.05) is 0 Å². The van der Waals surface area contributed by atoms with Gasteiger partial charge in [0.1, 0.15) is 0 Å². The molecule has 29 heavy (non-hydrogen) atoms. The van der Waals surface area contributed by atoms with Crippen LogP contribution in [0.4, 0.5) is 0 Å². The maximum Gasteiger partial charge on any atom is 0.0650 e. The number of rotatable bonds is 5. The van der Waals surface area contributed by atoms with E-state index >= 15 is 0 Å². The van der Waals surface area contributed by atoms with E-state index in [-0.39, 0.29) is 11.2 Å². The Morgan fingerprint density at radius 1 is 0.828 bits per heavy atom. The minimum Gasteiger partial charge on any atom is -0.390 e. The molecule has 2 heteroatoms. The summed E-state index contributed by atoms with van der Waals surface area (Å²) in [4.78, 5) is 0. The Morgan fingerprint density at radius 3 is 2.31 bits per heavy atom. The lowest BCUT2D eigenvalue weighted by Gasteiger charge is -2.57. The smallest absolute Gasteiger partial charge is 0.0650 e. The molecule has 0 heterocycles. The summed E-state index contributed by atoms with van der Waals surface area (Å²) in [7, 11) is 0. The molecule has 2 N–H and O–H groups in total. The first-order chi connectivity index (χ1) is 13.8. The molecular weight excluding hydrogens is 356 g/mol. The monoisotopic (exact) mass is 402 g/mol. The van der Waals surface area contributed by atoms with Gasteiger partial charge in [0.25, 0.3) is 0 Å². The van der Waals surface area contributed by atoms with Gasteiger partial charge in [-0.1, -0.05) is 20.8 Å². The lowest BCUT2D eigenvalue weighted by molar-refractivity contribution is -0.109. The largest absolute Gasteiger partial charge is 0.390 e. The maximum atomic E-state index is 10.9. The Labute approximate surface area is 179 Å². The van der Waals surface area contributed by atoms with E-state index in [1.165, 1.54) is 51.4 Å². The van der Waals surface area contributed by atoms with Crippen LogP contribution in [-0.2, 0) is 0 Å². The lowest BCUT2D eigenvalue weighted by Crippen LogP contribution is -2.51. The van der Waals surface area contributed by atoms with E-state index < -0.39 is 0 Å². The van der Waals surface area contributed by atoms with Crippen LogP contribution in [0.5, 0.6) is 0 Å². The maximum absolute atomic E-state index is 10.9. The van der Waals surface area contributed by atoms with Crippen LogP contribution in [0.3, 0.4) is 0 Å². The fraction of sp³-hybridized carbons (Fsp3) is 1.00. The van der Waals surface area contributed by atoms with Crippen molar-refractivity contribution in [1.82, 2.24) is 0 Å². The normalized spacial score (nSPS) is 51.6. The van der Waals surface area contributed by atoms with Crippen molar-refractivity contribution >= 4 is 0 Å². The number of fused-ring (bicyclic) bond motifs is 5. The summed E-state index contributed by atoms with van der Waals surface area (Å²) in [5.74, 6) is 6.23. The molecule has 0 aliphatic heterocycles. The van der Waals surface area contributed by atoms with Crippen LogP contribution < -0.4 is 0 Å². The Bertz CT molecular complexity index is 612. The zero-order valence-electron chi connectivity index (χ0n) is 19.3. The topological polar surface area (TPSA) is 40.5 Å². The Balaban J connectivity index is 1.26. The molecule has 0 radical (unpaired) electrons. The van der Waals surface area contributed by atoms with Gasteiger partial charge in [0.15, 0.2) is 0 Å². The second-order valence-corrected chi connectivity index (χ2v) is 12.7. The minimum atomic E-state index is -0.350. The third-order valence-corrected chi connectivity index (χ3v) is 11.4. The second-order valence-electron chi connectivity index (χ2n) is 12.7. The van der Waals surface area contributed by atoms with Crippen molar-refractivity contribution in [3.63, 3.8) is 0 Å². The molecular formula is C27H46O2. The third kappa shape index (κ3) is 3.53. The van der Waals surface area contributed by atoms with Crippen LogP contribution in [0.2, 0.25) is 0 Å². The van der Waals surface area contributed by atoms with Gasteiger partial charge in [-0.3, -0.25) is 0 Å². The Morgan fingerprint density at radius 2 is 1.59 bits per heavy atom. The molecule has 166 valence electrons. The summed E-state index contributed by atoms with van der Waals surface area (Å²) in [6.07, 6.45) is 17.4. The summed E-state index contributed by atoms with van der Waals surface area (Å²) in [5.41, 5.74) is -0.0697. The van der Waals surface area contributed by atoms with Gasteiger partial charge < -0.3 is 10.2 Å². The summed E-state index contributed by atoms with van der Waals surface area (Å²) in [6, 6.07) is 0. The van der Waals surface area contributed by atoms with Gasteiger partial charge >= 0.3 is 0 Å². The molecule has 0 aromatic heterocycles. The highest BCUT2D eigenvalue weighted by molar-refractivity contribution is 5.08. The van der Waals surface area contributed by atoms with Gasteiger partial charge in [-0.15, -0.1) is 0 Å². The first-order valence-corrected chi connectivity index (χ1v) is 13.2. The molecule has 9 atom stereocenters. The molecule has 0 bridgehead atoms. The molecule has 0 amide bonds. The van der Waals surface area contributed by atoms with Crippen molar-refractivity contribution in [3.8, 4) is 0 Å². The van der Waals surface area contributed by atoms with Gasteiger partial charge in [0.05, 0.1) is 11.2 Å². The van der Waals surface area contributed by atoms with Crippen molar-refractivity contribution < 1.29 is 10.2 Å². The molecule has 2 nitrogen and oxygen atoms in total. The first kappa shape index (κ1) is 20.8. The SMILES string of the molecule is CC[C@]1(O)CC[C@H]2[C@@H](CC[C@@H]3[C@@H]2CC[C@]2(C)[C@@H]([C@H](C)CCC4(O)CC4)CC[C@@H]32)C1. The molecule has 5 rings (SSSR count). The average molecular weight is 403 g/mol. The molecule has 5 fully saturated rings. The van der Waals surface area contributed by atoms with E-state index in [9.17, 15) is 10.2 Å². The second kappa shape index (κ2) is 7.22. The lowest BCUT2D eigenvalue weighted by atomic mass is 9.48. The summed E-state index contributed by atoms with van der Waals surface area (Å²) >= 11 is 0. The van der Waals surface area contributed by atoms with Crippen LogP contribution >= 0.6 is 0 Å². The summed E-state index contributed by atoms with van der Waals surface area (Å²) in [6.45, 7) is 7.34. The van der Waals surface area contributed by atoms with E-state index in [0.29, 0.717) is 5.41 Å². The van der Waals surface area contributed by atoms with Crippen LogP contribution in [0.25, 0.3) is 0 Å². The molecule has 0 aromatic rings. The molecule has 0 saturated heterocycles. The fourth-order valence-corrected chi connectivity index (χ4v) is 9.35. The number of hydrogen-bond donors (Lipinski definition) is 2. The van der Waals surface area contributed by atoms with Crippen LogP contribution in [0.15, 0.2) is 0 Å². The van der Waals surface area contributed by atoms with Crippen LogP contribution in [-0.4, -0.2) is 21.4 Å². The molecule has 0 unspecified atom stereocenters. The van der Waals surface area contributed by atoms with Crippen molar-refractivity contribution in [1.29, 1.82) is 0 Å². The Hall–Kier alpha value is -0.0800. The van der Waals surface area contributed by atoms with E-state index in [2.05, 4.69) is 20.8 Å². The molecule has 0 spiro atoms. The molecule has 0 aromatic carbocycles. The first-order valence-electron chi connectivity index (χ1n) is 13.2. The van der Waals surface area contributed by atoms with Crippen LogP contribution in [0.1, 0.15) is 111 Å². The predicted octanol–water partition coefficient (Wildman–Crippen LogP) is 6.34. The summed E-state index contributed by atoms with van der Waals surface area (Å²) in [5, 5.41) is 21.2.